The van der Waals surface area contributed by atoms with Gasteiger partial charge in [-0.1, -0.05) is 0 Å². The van der Waals surface area contributed by atoms with Crippen molar-refractivity contribution >= 4 is 17.9 Å². The molecule has 1 aliphatic rings. The van der Waals surface area contributed by atoms with E-state index in [9.17, 15) is 9.59 Å². The molecular weight excluding hydrogens is 308 g/mol. The van der Waals surface area contributed by atoms with E-state index in [0.717, 1.165) is 25.8 Å². The summed E-state index contributed by atoms with van der Waals surface area (Å²) in [5.41, 5.74) is 0. The first-order valence-corrected chi connectivity index (χ1v) is 8.43. The van der Waals surface area contributed by atoms with E-state index in [0.29, 0.717) is 19.0 Å². The molecule has 8 heteroatoms. The van der Waals surface area contributed by atoms with Crippen LogP contribution in [0.5, 0.6) is 0 Å². The number of anilines is 1. The van der Waals surface area contributed by atoms with Crippen molar-refractivity contribution in [2.75, 3.05) is 25.0 Å². The Bertz CT molecular complexity index is 539. The predicted molar refractivity (Wildman–Crippen MR) is 91.5 cm³/mol. The minimum absolute atomic E-state index is 0.0202. The van der Waals surface area contributed by atoms with E-state index in [-0.39, 0.29) is 18.0 Å². The molecule has 2 atom stereocenters. The van der Waals surface area contributed by atoms with Gasteiger partial charge in [0.15, 0.2) is 0 Å². The van der Waals surface area contributed by atoms with E-state index in [1.54, 1.807) is 25.4 Å². The molecule has 24 heavy (non-hydrogen) atoms. The summed E-state index contributed by atoms with van der Waals surface area (Å²) >= 11 is 0. The lowest BCUT2D eigenvalue weighted by molar-refractivity contribution is -0.136. The van der Waals surface area contributed by atoms with Gasteiger partial charge in [0.25, 0.3) is 0 Å². The number of likely N-dealkylation sites (tertiary alicyclic amines) is 1. The third-order valence-corrected chi connectivity index (χ3v) is 4.06. The van der Waals surface area contributed by atoms with Crippen LogP contribution in [0.4, 0.5) is 10.7 Å². The summed E-state index contributed by atoms with van der Waals surface area (Å²) in [7, 11) is 0. The van der Waals surface area contributed by atoms with Gasteiger partial charge in [-0.15, -0.1) is 0 Å². The maximum absolute atomic E-state index is 12.4. The Balaban J connectivity index is 1.66. The van der Waals surface area contributed by atoms with Gasteiger partial charge in [0.2, 0.25) is 11.9 Å². The molecule has 0 radical (unpaired) electrons. The Morgan fingerprint density at radius 3 is 2.75 bits per heavy atom. The summed E-state index contributed by atoms with van der Waals surface area (Å²) in [6.45, 7) is 5.46. The fourth-order valence-electron chi connectivity index (χ4n) is 2.72. The van der Waals surface area contributed by atoms with Gasteiger partial charge in [0.1, 0.15) is 6.04 Å². The predicted octanol–water partition coefficient (Wildman–Crippen LogP) is 0.977. The topological polar surface area (TPSA) is 99.2 Å². The molecule has 0 unspecified atom stereocenters. The van der Waals surface area contributed by atoms with Gasteiger partial charge in [-0.2, -0.15) is 0 Å². The quantitative estimate of drug-likeness (QED) is 0.674. The average molecular weight is 334 g/mol. The summed E-state index contributed by atoms with van der Waals surface area (Å²) in [6.07, 6.45) is 6.50. The van der Waals surface area contributed by atoms with Gasteiger partial charge in [-0.3, -0.25) is 4.79 Å². The number of aromatic nitrogens is 2. The third kappa shape index (κ3) is 5.36. The van der Waals surface area contributed by atoms with Crippen LogP contribution in [0.2, 0.25) is 0 Å². The van der Waals surface area contributed by atoms with Crippen LogP contribution in [0.3, 0.4) is 0 Å². The van der Waals surface area contributed by atoms with Crippen molar-refractivity contribution < 1.29 is 9.59 Å². The number of urea groups is 1. The van der Waals surface area contributed by atoms with Gasteiger partial charge in [-0.05, 0) is 39.2 Å². The van der Waals surface area contributed by atoms with Crippen LogP contribution < -0.4 is 16.0 Å². The standard InChI is InChI=1S/C16H26N6O2/c1-12-6-3-4-11-22(12)14(23)13(2)21-16(24)20-10-9-19-15-17-7-5-8-18-15/h5,7-8,12-13H,3-4,6,9-11H2,1-2H3,(H,17,18,19)(H2,20,21,24)/t12-,13-/m1/s1. The zero-order valence-electron chi connectivity index (χ0n) is 14.3. The van der Waals surface area contributed by atoms with Crippen LogP contribution in [-0.4, -0.2) is 58.5 Å². The highest BCUT2D eigenvalue weighted by Crippen LogP contribution is 2.17. The van der Waals surface area contributed by atoms with Crippen LogP contribution in [0, 0.1) is 0 Å². The van der Waals surface area contributed by atoms with Crippen molar-refractivity contribution in [3.8, 4) is 0 Å². The minimum atomic E-state index is -0.532. The maximum Gasteiger partial charge on any atom is 0.315 e. The molecule has 0 aliphatic carbocycles. The van der Waals surface area contributed by atoms with Gasteiger partial charge in [-0.25, -0.2) is 14.8 Å². The van der Waals surface area contributed by atoms with Crippen molar-refractivity contribution in [2.24, 2.45) is 0 Å². The van der Waals surface area contributed by atoms with E-state index < -0.39 is 6.04 Å². The molecule has 3 amide bonds. The Hall–Kier alpha value is -2.38. The van der Waals surface area contributed by atoms with Gasteiger partial charge in [0, 0.05) is 38.1 Å². The molecule has 1 fully saturated rings. The molecule has 1 aromatic heterocycles. The number of carbonyl (C=O) groups is 2. The second-order valence-corrected chi connectivity index (χ2v) is 6.00. The highest BCUT2D eigenvalue weighted by Gasteiger charge is 2.27. The number of piperidine rings is 1. The van der Waals surface area contributed by atoms with Crippen LogP contribution in [-0.2, 0) is 4.79 Å². The molecule has 8 nitrogen and oxygen atoms in total. The molecule has 0 bridgehead atoms. The molecule has 1 saturated heterocycles. The molecule has 3 N–H and O–H groups in total. The first-order valence-electron chi connectivity index (χ1n) is 8.43. The second kappa shape index (κ2) is 9.05. The van der Waals surface area contributed by atoms with E-state index in [4.69, 9.17) is 0 Å². The van der Waals surface area contributed by atoms with Crippen molar-refractivity contribution in [2.45, 2.75) is 45.2 Å². The second-order valence-electron chi connectivity index (χ2n) is 6.00. The SMILES string of the molecule is C[C@@H]1CCCCN1C(=O)[C@@H](C)NC(=O)NCCNc1ncccn1. The summed E-state index contributed by atoms with van der Waals surface area (Å²) in [5, 5.41) is 8.40. The average Bonchev–Trinajstić information content (AvgIpc) is 2.59. The van der Waals surface area contributed by atoms with Crippen LogP contribution in [0.25, 0.3) is 0 Å². The summed E-state index contributed by atoms with van der Waals surface area (Å²) < 4.78 is 0. The molecule has 1 aliphatic heterocycles. The zero-order chi connectivity index (χ0) is 17.4. The summed E-state index contributed by atoms with van der Waals surface area (Å²) in [5.74, 6) is 0.496. The number of amides is 3. The summed E-state index contributed by atoms with van der Waals surface area (Å²) in [6, 6.07) is 1.10. The molecule has 0 spiro atoms. The maximum atomic E-state index is 12.4. The fourth-order valence-corrected chi connectivity index (χ4v) is 2.72. The van der Waals surface area contributed by atoms with E-state index in [1.807, 2.05) is 4.90 Å². The largest absolute Gasteiger partial charge is 0.352 e. The Kier molecular flexibility index (Phi) is 6.77. The first kappa shape index (κ1) is 18.0. The molecule has 1 aromatic rings. The minimum Gasteiger partial charge on any atom is -0.352 e. The smallest absolute Gasteiger partial charge is 0.315 e. The first-order chi connectivity index (χ1) is 11.6. The Morgan fingerprint density at radius 2 is 2.04 bits per heavy atom. The number of hydrogen-bond acceptors (Lipinski definition) is 5. The Morgan fingerprint density at radius 1 is 1.29 bits per heavy atom. The molecule has 0 aromatic carbocycles. The Labute approximate surface area is 142 Å². The third-order valence-electron chi connectivity index (χ3n) is 4.06. The van der Waals surface area contributed by atoms with Gasteiger partial charge < -0.3 is 20.9 Å². The number of nitrogens with one attached hydrogen (secondary N) is 3. The van der Waals surface area contributed by atoms with Crippen molar-refractivity contribution in [3.63, 3.8) is 0 Å². The lowest BCUT2D eigenvalue weighted by Crippen LogP contribution is -2.53. The van der Waals surface area contributed by atoms with E-state index in [2.05, 4.69) is 32.8 Å². The molecule has 0 saturated carbocycles. The molecular formula is C16H26N6O2. The lowest BCUT2D eigenvalue weighted by atomic mass is 10.0. The zero-order valence-corrected chi connectivity index (χ0v) is 14.3. The number of carbonyl (C=O) groups excluding carboxylic acids is 2. The van der Waals surface area contributed by atoms with Crippen LogP contribution in [0.1, 0.15) is 33.1 Å². The van der Waals surface area contributed by atoms with Crippen molar-refractivity contribution in [3.05, 3.63) is 18.5 Å². The lowest BCUT2D eigenvalue weighted by Gasteiger charge is -2.35. The monoisotopic (exact) mass is 334 g/mol. The number of nitrogens with zero attached hydrogens (tertiary/aromatic N) is 3. The highest BCUT2D eigenvalue weighted by molar-refractivity contribution is 5.87. The molecule has 2 rings (SSSR count). The normalized spacial score (nSPS) is 18.6. The van der Waals surface area contributed by atoms with Gasteiger partial charge in [0.05, 0.1) is 0 Å². The molecule has 132 valence electrons. The summed E-state index contributed by atoms with van der Waals surface area (Å²) in [4.78, 5) is 34.2. The van der Waals surface area contributed by atoms with Crippen LogP contribution >= 0.6 is 0 Å². The van der Waals surface area contributed by atoms with Crippen molar-refractivity contribution in [1.82, 2.24) is 25.5 Å². The molecule has 2 heterocycles. The number of hydrogen-bond donors (Lipinski definition) is 3. The van der Waals surface area contributed by atoms with E-state index >= 15 is 0 Å². The fraction of sp³-hybridized carbons (Fsp3) is 0.625. The highest BCUT2D eigenvalue weighted by atomic mass is 16.2. The van der Waals surface area contributed by atoms with E-state index in [1.165, 1.54) is 0 Å². The number of rotatable bonds is 6. The van der Waals surface area contributed by atoms with Gasteiger partial charge >= 0.3 is 6.03 Å². The van der Waals surface area contributed by atoms with Crippen molar-refractivity contribution in [1.29, 1.82) is 0 Å². The van der Waals surface area contributed by atoms with Crippen LogP contribution in [0.15, 0.2) is 18.5 Å².